The summed E-state index contributed by atoms with van der Waals surface area (Å²) in [5.41, 5.74) is 2.49. The number of aromatic nitrogens is 4. The number of amides is 1. The number of imidazole rings is 1. The van der Waals surface area contributed by atoms with E-state index < -0.39 is 0 Å². The van der Waals surface area contributed by atoms with Crippen LogP contribution in [0.15, 0.2) is 24.5 Å². The molecule has 0 radical (unpaired) electrons. The number of rotatable bonds is 3. The maximum Gasteiger partial charge on any atom is 0.253 e. The molecule has 1 N–H and O–H groups in total. The molecule has 4 rings (SSSR count). The van der Waals surface area contributed by atoms with E-state index in [2.05, 4.69) is 25.1 Å². The number of aromatic amines is 1. The minimum atomic E-state index is 0.0881. The molecule has 130 valence electrons. The Hall–Kier alpha value is -2.32. The number of aryl methyl sites for hydroxylation is 1. The van der Waals surface area contributed by atoms with Crippen LogP contribution in [-0.4, -0.2) is 62.1 Å². The van der Waals surface area contributed by atoms with Crippen LogP contribution in [-0.2, 0) is 6.54 Å². The van der Waals surface area contributed by atoms with Crippen molar-refractivity contribution in [1.82, 2.24) is 30.0 Å². The van der Waals surface area contributed by atoms with Crippen LogP contribution in [0.2, 0.25) is 0 Å². The van der Waals surface area contributed by atoms with Crippen LogP contribution < -0.4 is 0 Å². The summed E-state index contributed by atoms with van der Waals surface area (Å²) >= 11 is 1.64. The lowest BCUT2D eigenvalue weighted by molar-refractivity contribution is 0.0761. The Morgan fingerprint density at radius 3 is 3.00 bits per heavy atom. The maximum atomic E-state index is 12.8. The second kappa shape index (κ2) is 6.89. The van der Waals surface area contributed by atoms with Crippen molar-refractivity contribution < 1.29 is 4.79 Å². The molecule has 1 amide bonds. The van der Waals surface area contributed by atoms with Gasteiger partial charge in [-0.25, -0.2) is 4.98 Å². The van der Waals surface area contributed by atoms with E-state index in [0.717, 1.165) is 60.2 Å². The number of nitrogens with zero attached hydrogens (tertiary/aromatic N) is 5. The summed E-state index contributed by atoms with van der Waals surface area (Å²) in [6, 6.07) is 5.64. The van der Waals surface area contributed by atoms with Crippen LogP contribution in [0.5, 0.6) is 0 Å². The summed E-state index contributed by atoms with van der Waals surface area (Å²) in [7, 11) is 0. The Kier molecular flexibility index (Phi) is 4.46. The Morgan fingerprint density at radius 2 is 2.16 bits per heavy atom. The molecule has 0 spiro atoms. The van der Waals surface area contributed by atoms with Gasteiger partial charge in [-0.1, -0.05) is 0 Å². The molecule has 7 nitrogen and oxygen atoms in total. The molecular formula is C17H20N6OS. The summed E-state index contributed by atoms with van der Waals surface area (Å²) in [6.07, 6.45) is 2.62. The van der Waals surface area contributed by atoms with Crippen molar-refractivity contribution in [3.63, 3.8) is 0 Å². The fourth-order valence-corrected chi connectivity index (χ4v) is 3.93. The summed E-state index contributed by atoms with van der Waals surface area (Å²) in [6.45, 7) is 6.13. The first-order chi connectivity index (χ1) is 12.2. The molecule has 0 saturated carbocycles. The highest BCUT2D eigenvalue weighted by molar-refractivity contribution is 7.11. The van der Waals surface area contributed by atoms with Gasteiger partial charge in [-0.15, -0.1) is 21.5 Å². The Labute approximate surface area is 149 Å². The molecule has 1 aliphatic rings. The van der Waals surface area contributed by atoms with Crippen molar-refractivity contribution in [2.24, 2.45) is 0 Å². The Bertz CT molecular complexity index is 888. The van der Waals surface area contributed by atoms with Crippen LogP contribution in [0, 0.1) is 6.92 Å². The highest BCUT2D eigenvalue weighted by Crippen LogP contribution is 2.16. The monoisotopic (exact) mass is 356 g/mol. The molecule has 25 heavy (non-hydrogen) atoms. The normalized spacial score (nSPS) is 16.3. The second-order valence-electron chi connectivity index (χ2n) is 6.27. The van der Waals surface area contributed by atoms with E-state index in [9.17, 15) is 4.79 Å². The summed E-state index contributed by atoms with van der Waals surface area (Å²) < 4.78 is 0. The first-order valence-corrected chi connectivity index (χ1v) is 9.24. The largest absolute Gasteiger partial charge is 0.345 e. The van der Waals surface area contributed by atoms with Crippen molar-refractivity contribution in [1.29, 1.82) is 0 Å². The minimum Gasteiger partial charge on any atom is -0.345 e. The molecule has 1 saturated heterocycles. The van der Waals surface area contributed by atoms with E-state index in [4.69, 9.17) is 0 Å². The SMILES string of the molecule is Cc1nnc(CN2CCCN(C(=O)c3ccc4nc[nH]c4c3)CC2)s1. The van der Waals surface area contributed by atoms with Crippen LogP contribution in [0.3, 0.4) is 0 Å². The predicted octanol–water partition coefficient (Wildman–Crippen LogP) is 2.07. The van der Waals surface area contributed by atoms with Gasteiger partial charge in [-0.05, 0) is 31.5 Å². The van der Waals surface area contributed by atoms with E-state index in [1.54, 1.807) is 17.7 Å². The number of carbonyl (C=O) groups is 1. The lowest BCUT2D eigenvalue weighted by Crippen LogP contribution is -2.35. The van der Waals surface area contributed by atoms with E-state index in [0.29, 0.717) is 5.56 Å². The molecule has 0 bridgehead atoms. The third kappa shape index (κ3) is 3.54. The van der Waals surface area contributed by atoms with Gasteiger partial charge in [0.05, 0.1) is 23.9 Å². The van der Waals surface area contributed by atoms with Crippen LogP contribution >= 0.6 is 11.3 Å². The zero-order valence-electron chi connectivity index (χ0n) is 14.1. The van der Waals surface area contributed by atoms with Gasteiger partial charge in [0, 0.05) is 31.7 Å². The molecule has 1 aliphatic heterocycles. The number of hydrogen-bond donors (Lipinski definition) is 1. The number of benzene rings is 1. The molecule has 2 aromatic heterocycles. The standard InChI is InChI=1S/C17H20N6OS/c1-12-20-21-16(25-12)10-22-5-2-6-23(8-7-22)17(24)13-3-4-14-15(9-13)19-11-18-14/h3-4,9,11H,2,5-8,10H2,1H3,(H,18,19). The Balaban J connectivity index is 1.42. The fourth-order valence-electron chi connectivity index (χ4n) is 3.18. The maximum absolute atomic E-state index is 12.8. The molecule has 0 aliphatic carbocycles. The van der Waals surface area contributed by atoms with Crippen molar-refractivity contribution in [2.75, 3.05) is 26.2 Å². The average molecular weight is 356 g/mol. The molecule has 1 aromatic carbocycles. The van der Waals surface area contributed by atoms with Gasteiger partial charge < -0.3 is 9.88 Å². The first kappa shape index (κ1) is 16.2. The molecule has 0 unspecified atom stereocenters. The molecule has 8 heteroatoms. The number of carbonyl (C=O) groups excluding carboxylic acids is 1. The van der Waals surface area contributed by atoms with E-state index in [1.807, 2.05) is 30.0 Å². The van der Waals surface area contributed by atoms with E-state index in [1.165, 1.54) is 0 Å². The van der Waals surface area contributed by atoms with Gasteiger partial charge in [0.2, 0.25) is 0 Å². The molecular weight excluding hydrogens is 336 g/mol. The van der Waals surface area contributed by atoms with Crippen molar-refractivity contribution in [2.45, 2.75) is 19.9 Å². The van der Waals surface area contributed by atoms with Crippen molar-refractivity contribution in [3.05, 3.63) is 40.1 Å². The van der Waals surface area contributed by atoms with Gasteiger partial charge in [-0.3, -0.25) is 9.69 Å². The number of hydrogen-bond acceptors (Lipinski definition) is 6. The molecule has 1 fully saturated rings. The van der Waals surface area contributed by atoms with Crippen molar-refractivity contribution >= 4 is 28.3 Å². The summed E-state index contributed by atoms with van der Waals surface area (Å²) in [5, 5.41) is 10.3. The number of H-pyrrole nitrogens is 1. The molecule has 3 aromatic rings. The molecule has 3 heterocycles. The number of fused-ring (bicyclic) bond motifs is 1. The van der Waals surface area contributed by atoms with Gasteiger partial charge >= 0.3 is 0 Å². The van der Waals surface area contributed by atoms with Gasteiger partial charge in [0.25, 0.3) is 5.91 Å². The fraction of sp³-hybridized carbons (Fsp3) is 0.412. The topological polar surface area (TPSA) is 78.0 Å². The predicted molar refractivity (Wildman–Crippen MR) is 96.5 cm³/mol. The summed E-state index contributed by atoms with van der Waals surface area (Å²) in [5.74, 6) is 0.0881. The smallest absolute Gasteiger partial charge is 0.253 e. The third-order valence-electron chi connectivity index (χ3n) is 4.47. The quantitative estimate of drug-likeness (QED) is 0.777. The van der Waals surface area contributed by atoms with Crippen LogP contribution in [0.1, 0.15) is 26.8 Å². The second-order valence-corrected chi connectivity index (χ2v) is 7.54. The van der Waals surface area contributed by atoms with Crippen LogP contribution in [0.4, 0.5) is 0 Å². The Morgan fingerprint density at radius 1 is 1.24 bits per heavy atom. The van der Waals surface area contributed by atoms with Crippen molar-refractivity contribution in [3.8, 4) is 0 Å². The summed E-state index contributed by atoms with van der Waals surface area (Å²) in [4.78, 5) is 24.4. The number of nitrogens with one attached hydrogen (secondary N) is 1. The zero-order chi connectivity index (χ0) is 17.2. The lowest BCUT2D eigenvalue weighted by Gasteiger charge is -2.21. The highest BCUT2D eigenvalue weighted by Gasteiger charge is 2.21. The minimum absolute atomic E-state index is 0.0881. The lowest BCUT2D eigenvalue weighted by atomic mass is 10.1. The van der Waals surface area contributed by atoms with E-state index >= 15 is 0 Å². The zero-order valence-corrected chi connectivity index (χ0v) is 14.9. The average Bonchev–Trinajstić information content (AvgIpc) is 3.17. The van der Waals surface area contributed by atoms with Gasteiger partial charge in [-0.2, -0.15) is 0 Å². The molecule has 0 atom stereocenters. The van der Waals surface area contributed by atoms with Gasteiger partial charge in [0.1, 0.15) is 10.0 Å². The third-order valence-corrected chi connectivity index (χ3v) is 5.29. The first-order valence-electron chi connectivity index (χ1n) is 8.43. The van der Waals surface area contributed by atoms with Crippen LogP contribution in [0.25, 0.3) is 11.0 Å². The van der Waals surface area contributed by atoms with E-state index in [-0.39, 0.29) is 5.91 Å². The highest BCUT2D eigenvalue weighted by atomic mass is 32.1. The van der Waals surface area contributed by atoms with Gasteiger partial charge in [0.15, 0.2) is 0 Å².